The first-order valence-corrected chi connectivity index (χ1v) is 7.21. The van der Waals surface area contributed by atoms with Gasteiger partial charge in [0.15, 0.2) is 5.82 Å². The third-order valence-corrected chi connectivity index (χ3v) is 4.04. The summed E-state index contributed by atoms with van der Waals surface area (Å²) < 4.78 is 3.18. The van der Waals surface area contributed by atoms with E-state index in [0.29, 0.717) is 12.5 Å². The van der Waals surface area contributed by atoms with Gasteiger partial charge in [-0.2, -0.15) is 0 Å². The highest BCUT2D eigenvalue weighted by atomic mass is 79.9. The highest BCUT2D eigenvalue weighted by Gasteiger charge is 2.16. The summed E-state index contributed by atoms with van der Waals surface area (Å²) in [5.41, 5.74) is 8.00. The molecule has 0 radical (unpaired) electrons. The summed E-state index contributed by atoms with van der Waals surface area (Å²) in [5.74, 6) is 2.23. The van der Waals surface area contributed by atoms with E-state index < -0.39 is 0 Å². The van der Waals surface area contributed by atoms with Gasteiger partial charge in [0, 0.05) is 16.6 Å². The first kappa shape index (κ1) is 14.2. The van der Waals surface area contributed by atoms with Crippen molar-refractivity contribution in [1.82, 2.24) is 14.8 Å². The molecule has 0 saturated carbocycles. The van der Waals surface area contributed by atoms with Crippen molar-refractivity contribution in [3.8, 4) is 11.4 Å². The van der Waals surface area contributed by atoms with Crippen LogP contribution in [-0.4, -0.2) is 14.8 Å². The van der Waals surface area contributed by atoms with Crippen LogP contribution in [0.25, 0.3) is 11.4 Å². The van der Waals surface area contributed by atoms with Crippen LogP contribution in [-0.2, 0) is 13.1 Å². The van der Waals surface area contributed by atoms with Crippen molar-refractivity contribution < 1.29 is 0 Å². The van der Waals surface area contributed by atoms with Crippen LogP contribution in [0.3, 0.4) is 0 Å². The van der Waals surface area contributed by atoms with E-state index in [1.807, 2.05) is 6.07 Å². The van der Waals surface area contributed by atoms with Crippen molar-refractivity contribution in [3.05, 3.63) is 34.1 Å². The molecule has 0 atom stereocenters. The SMILES string of the molecule is Cc1cccc(-c2nnc(CN)n2CC(C)C)c1Br. The second-order valence-electron chi connectivity index (χ2n) is 5.08. The Labute approximate surface area is 122 Å². The number of aromatic nitrogens is 3. The van der Waals surface area contributed by atoms with Gasteiger partial charge in [0.25, 0.3) is 0 Å². The average molecular weight is 323 g/mol. The van der Waals surface area contributed by atoms with Crippen LogP contribution in [0.2, 0.25) is 0 Å². The first-order valence-electron chi connectivity index (χ1n) is 6.42. The molecule has 0 aliphatic heterocycles. The van der Waals surface area contributed by atoms with Crippen LogP contribution in [0.15, 0.2) is 22.7 Å². The molecule has 1 aromatic carbocycles. The molecular weight excluding hydrogens is 304 g/mol. The maximum atomic E-state index is 5.75. The fraction of sp³-hybridized carbons (Fsp3) is 0.429. The lowest BCUT2D eigenvalue weighted by Crippen LogP contribution is -2.13. The number of aryl methyl sites for hydroxylation is 1. The molecule has 2 N–H and O–H groups in total. The number of nitrogens with two attached hydrogens (primary N) is 1. The molecule has 1 heterocycles. The number of hydrogen-bond acceptors (Lipinski definition) is 3. The average Bonchev–Trinajstić information content (AvgIpc) is 2.75. The molecule has 1 aromatic heterocycles. The molecule has 0 aliphatic carbocycles. The van der Waals surface area contributed by atoms with Crippen molar-refractivity contribution in [2.75, 3.05) is 0 Å². The minimum absolute atomic E-state index is 0.406. The number of nitrogens with zero attached hydrogens (tertiary/aromatic N) is 3. The zero-order valence-electron chi connectivity index (χ0n) is 11.5. The Balaban J connectivity index is 2.55. The molecule has 5 heteroatoms. The standard InChI is InChI=1S/C14H19BrN4/c1-9(2)8-19-12(7-16)17-18-14(19)11-6-4-5-10(3)13(11)15/h4-6,9H,7-8,16H2,1-3H3. The van der Waals surface area contributed by atoms with Gasteiger partial charge >= 0.3 is 0 Å². The predicted molar refractivity (Wildman–Crippen MR) is 80.6 cm³/mol. The number of hydrogen-bond donors (Lipinski definition) is 1. The summed E-state index contributed by atoms with van der Waals surface area (Å²) in [6, 6.07) is 6.16. The van der Waals surface area contributed by atoms with E-state index >= 15 is 0 Å². The third kappa shape index (κ3) is 2.87. The molecule has 0 amide bonds. The molecule has 0 unspecified atom stereocenters. The van der Waals surface area contributed by atoms with Gasteiger partial charge in [-0.1, -0.05) is 32.0 Å². The van der Waals surface area contributed by atoms with Crippen LogP contribution >= 0.6 is 15.9 Å². The zero-order chi connectivity index (χ0) is 14.0. The number of benzene rings is 1. The Morgan fingerprint density at radius 1 is 1.32 bits per heavy atom. The van der Waals surface area contributed by atoms with Gasteiger partial charge in [-0.05, 0) is 34.3 Å². The fourth-order valence-electron chi connectivity index (χ4n) is 2.06. The topological polar surface area (TPSA) is 56.7 Å². The molecule has 4 nitrogen and oxygen atoms in total. The van der Waals surface area contributed by atoms with Gasteiger partial charge in [-0.25, -0.2) is 0 Å². The largest absolute Gasteiger partial charge is 0.324 e. The summed E-state index contributed by atoms with van der Waals surface area (Å²) in [4.78, 5) is 0. The third-order valence-electron chi connectivity index (χ3n) is 2.99. The Hall–Kier alpha value is -1.20. The second kappa shape index (κ2) is 5.84. The molecule has 0 spiro atoms. The molecule has 2 rings (SSSR count). The van der Waals surface area contributed by atoms with Crippen molar-refractivity contribution in [1.29, 1.82) is 0 Å². The molecule has 2 aromatic rings. The summed E-state index contributed by atoms with van der Waals surface area (Å²) in [7, 11) is 0. The minimum Gasteiger partial charge on any atom is -0.324 e. The first-order chi connectivity index (χ1) is 9.04. The van der Waals surface area contributed by atoms with Crippen LogP contribution in [0.4, 0.5) is 0 Å². The zero-order valence-corrected chi connectivity index (χ0v) is 13.1. The monoisotopic (exact) mass is 322 g/mol. The van der Waals surface area contributed by atoms with Crippen molar-refractivity contribution in [2.45, 2.75) is 33.9 Å². The molecule has 102 valence electrons. The highest BCUT2D eigenvalue weighted by molar-refractivity contribution is 9.10. The highest BCUT2D eigenvalue weighted by Crippen LogP contribution is 2.30. The van der Waals surface area contributed by atoms with Gasteiger partial charge in [-0.15, -0.1) is 10.2 Å². The summed E-state index contributed by atoms with van der Waals surface area (Å²) >= 11 is 3.64. The quantitative estimate of drug-likeness (QED) is 0.940. The lowest BCUT2D eigenvalue weighted by atomic mass is 10.1. The van der Waals surface area contributed by atoms with Crippen LogP contribution in [0.5, 0.6) is 0 Å². The Morgan fingerprint density at radius 2 is 2.05 bits per heavy atom. The van der Waals surface area contributed by atoms with E-state index in [2.05, 4.69) is 63.6 Å². The lowest BCUT2D eigenvalue weighted by Gasteiger charge is -2.13. The number of rotatable bonds is 4. The maximum Gasteiger partial charge on any atom is 0.165 e. The van der Waals surface area contributed by atoms with E-state index in [1.54, 1.807) is 0 Å². The van der Waals surface area contributed by atoms with Gasteiger partial charge in [0.05, 0.1) is 6.54 Å². The summed E-state index contributed by atoms with van der Waals surface area (Å²) in [6.07, 6.45) is 0. The molecule has 0 fully saturated rings. The van der Waals surface area contributed by atoms with E-state index in [9.17, 15) is 0 Å². The molecule has 0 saturated heterocycles. The van der Waals surface area contributed by atoms with Gasteiger partial charge < -0.3 is 10.3 Å². The molecule has 19 heavy (non-hydrogen) atoms. The summed E-state index contributed by atoms with van der Waals surface area (Å²) in [5, 5.41) is 8.52. The van der Waals surface area contributed by atoms with Crippen LogP contribution < -0.4 is 5.73 Å². The van der Waals surface area contributed by atoms with E-state index in [4.69, 9.17) is 5.73 Å². The molecule has 0 bridgehead atoms. The summed E-state index contributed by atoms with van der Waals surface area (Å²) in [6.45, 7) is 7.70. The second-order valence-corrected chi connectivity index (χ2v) is 5.88. The van der Waals surface area contributed by atoms with Gasteiger partial charge in [0.1, 0.15) is 5.82 Å². The van der Waals surface area contributed by atoms with Crippen molar-refractivity contribution in [3.63, 3.8) is 0 Å². The van der Waals surface area contributed by atoms with Crippen molar-refractivity contribution in [2.24, 2.45) is 11.7 Å². The van der Waals surface area contributed by atoms with Crippen LogP contribution in [0, 0.1) is 12.8 Å². The molecular formula is C14H19BrN4. The Bertz CT molecular complexity index is 575. The van der Waals surface area contributed by atoms with Gasteiger partial charge in [0.2, 0.25) is 0 Å². The van der Waals surface area contributed by atoms with Gasteiger partial charge in [-0.3, -0.25) is 0 Å². The normalized spacial score (nSPS) is 11.3. The smallest absolute Gasteiger partial charge is 0.165 e. The van der Waals surface area contributed by atoms with Crippen molar-refractivity contribution >= 4 is 15.9 Å². The van der Waals surface area contributed by atoms with E-state index in [1.165, 1.54) is 5.56 Å². The molecule has 0 aliphatic rings. The Morgan fingerprint density at radius 3 is 2.68 bits per heavy atom. The number of halogens is 1. The Kier molecular flexibility index (Phi) is 4.37. The fourth-order valence-corrected chi connectivity index (χ4v) is 2.50. The van der Waals surface area contributed by atoms with E-state index in [-0.39, 0.29) is 0 Å². The lowest BCUT2D eigenvalue weighted by molar-refractivity contribution is 0.510. The van der Waals surface area contributed by atoms with E-state index in [0.717, 1.165) is 28.2 Å². The maximum absolute atomic E-state index is 5.75. The minimum atomic E-state index is 0.406. The van der Waals surface area contributed by atoms with Crippen LogP contribution in [0.1, 0.15) is 25.2 Å². The predicted octanol–water partition coefficient (Wildman–Crippen LogP) is 3.13.